The van der Waals surface area contributed by atoms with Crippen LogP contribution in [0.15, 0.2) is 48.5 Å². The second-order valence-electron chi connectivity index (χ2n) is 4.47. The van der Waals surface area contributed by atoms with Crippen molar-refractivity contribution in [3.8, 4) is 5.75 Å². The summed E-state index contributed by atoms with van der Waals surface area (Å²) < 4.78 is 5.07. The zero-order chi connectivity index (χ0) is 13.8. The summed E-state index contributed by atoms with van der Waals surface area (Å²) in [5, 5.41) is 0. The van der Waals surface area contributed by atoms with Crippen LogP contribution in [0.3, 0.4) is 0 Å². The lowest BCUT2D eigenvalue weighted by Gasteiger charge is -2.07. The lowest BCUT2D eigenvalue weighted by atomic mass is 10.0. The average Bonchev–Trinajstić information content (AvgIpc) is 2.46. The monoisotopic (exact) mass is 255 g/mol. The minimum absolute atomic E-state index is 0.00104. The van der Waals surface area contributed by atoms with Gasteiger partial charge in [0.05, 0.1) is 7.11 Å². The van der Waals surface area contributed by atoms with E-state index in [0.29, 0.717) is 11.1 Å². The van der Waals surface area contributed by atoms with Crippen molar-refractivity contribution in [1.82, 2.24) is 0 Å². The first-order chi connectivity index (χ1) is 9.11. The second kappa shape index (κ2) is 5.67. The molecular weight excluding hydrogens is 238 g/mol. The molecule has 2 rings (SSSR count). The molecule has 0 amide bonds. The number of hydrogen-bond donors (Lipinski definition) is 1. The Labute approximate surface area is 113 Å². The van der Waals surface area contributed by atoms with Crippen molar-refractivity contribution in [3.05, 3.63) is 65.2 Å². The van der Waals surface area contributed by atoms with Crippen LogP contribution in [0.5, 0.6) is 5.75 Å². The topological polar surface area (TPSA) is 52.3 Å². The van der Waals surface area contributed by atoms with E-state index in [9.17, 15) is 4.79 Å². The zero-order valence-electron chi connectivity index (χ0n) is 11.1. The maximum atomic E-state index is 12.3. The van der Waals surface area contributed by atoms with E-state index in [4.69, 9.17) is 10.5 Å². The Morgan fingerprint density at radius 2 is 1.47 bits per heavy atom. The number of nitrogens with two attached hydrogens (primary N) is 1. The van der Waals surface area contributed by atoms with Crippen molar-refractivity contribution >= 4 is 5.78 Å². The van der Waals surface area contributed by atoms with Gasteiger partial charge in [0.1, 0.15) is 5.75 Å². The normalized spacial score (nSPS) is 11.9. The summed E-state index contributed by atoms with van der Waals surface area (Å²) in [5.41, 5.74) is 8.11. The molecule has 98 valence electrons. The van der Waals surface area contributed by atoms with Gasteiger partial charge in [-0.05, 0) is 36.8 Å². The third-order valence-corrected chi connectivity index (χ3v) is 3.05. The third-order valence-electron chi connectivity index (χ3n) is 3.05. The SMILES string of the molecule is COc1ccc(C(=O)c2ccc(C(C)N)cc2)cc1. The molecule has 0 spiro atoms. The number of ether oxygens (including phenoxy) is 1. The number of carbonyl (C=O) groups excluding carboxylic acids is 1. The second-order valence-corrected chi connectivity index (χ2v) is 4.47. The van der Waals surface area contributed by atoms with Gasteiger partial charge >= 0.3 is 0 Å². The quantitative estimate of drug-likeness (QED) is 0.854. The summed E-state index contributed by atoms with van der Waals surface area (Å²) in [6.07, 6.45) is 0. The zero-order valence-corrected chi connectivity index (χ0v) is 11.1. The molecule has 3 heteroatoms. The molecule has 3 nitrogen and oxygen atoms in total. The van der Waals surface area contributed by atoms with Crippen molar-refractivity contribution in [3.63, 3.8) is 0 Å². The van der Waals surface area contributed by atoms with Gasteiger partial charge in [-0.15, -0.1) is 0 Å². The summed E-state index contributed by atoms with van der Waals surface area (Å²) in [7, 11) is 1.60. The Bertz CT molecular complexity index is 556. The highest BCUT2D eigenvalue weighted by Gasteiger charge is 2.09. The van der Waals surface area contributed by atoms with Gasteiger partial charge in [0.2, 0.25) is 0 Å². The van der Waals surface area contributed by atoms with Gasteiger partial charge in [0.15, 0.2) is 5.78 Å². The fourth-order valence-corrected chi connectivity index (χ4v) is 1.85. The van der Waals surface area contributed by atoms with Crippen LogP contribution in [0.25, 0.3) is 0 Å². The van der Waals surface area contributed by atoms with Gasteiger partial charge in [0.25, 0.3) is 0 Å². The summed E-state index contributed by atoms with van der Waals surface area (Å²) in [5.74, 6) is 0.739. The molecule has 0 aliphatic carbocycles. The largest absolute Gasteiger partial charge is 0.497 e. The van der Waals surface area contributed by atoms with Crippen LogP contribution in [0, 0.1) is 0 Å². The first-order valence-corrected chi connectivity index (χ1v) is 6.16. The molecule has 1 atom stereocenters. The van der Waals surface area contributed by atoms with Crippen LogP contribution in [0.1, 0.15) is 34.5 Å². The van der Waals surface area contributed by atoms with Crippen LogP contribution in [0.2, 0.25) is 0 Å². The maximum absolute atomic E-state index is 12.3. The maximum Gasteiger partial charge on any atom is 0.193 e. The van der Waals surface area contributed by atoms with Crippen molar-refractivity contribution < 1.29 is 9.53 Å². The Morgan fingerprint density at radius 1 is 1.00 bits per heavy atom. The van der Waals surface area contributed by atoms with Gasteiger partial charge in [0, 0.05) is 17.2 Å². The predicted molar refractivity (Wildman–Crippen MR) is 75.5 cm³/mol. The molecule has 0 heterocycles. The minimum atomic E-state index is -0.0230. The highest BCUT2D eigenvalue weighted by molar-refractivity contribution is 6.09. The van der Waals surface area contributed by atoms with E-state index in [2.05, 4.69) is 0 Å². The van der Waals surface area contributed by atoms with Crippen LogP contribution in [0.4, 0.5) is 0 Å². The lowest BCUT2D eigenvalue weighted by molar-refractivity contribution is 0.103. The Balaban J connectivity index is 2.22. The van der Waals surface area contributed by atoms with Crippen LogP contribution >= 0.6 is 0 Å². The fraction of sp³-hybridized carbons (Fsp3) is 0.188. The van der Waals surface area contributed by atoms with E-state index in [1.807, 2.05) is 31.2 Å². The van der Waals surface area contributed by atoms with Crippen molar-refractivity contribution in [2.24, 2.45) is 5.73 Å². The predicted octanol–water partition coefficient (Wildman–Crippen LogP) is 2.95. The van der Waals surface area contributed by atoms with E-state index in [0.717, 1.165) is 11.3 Å². The third kappa shape index (κ3) is 3.01. The Morgan fingerprint density at radius 3 is 1.89 bits per heavy atom. The first kappa shape index (κ1) is 13.3. The van der Waals surface area contributed by atoms with Crippen molar-refractivity contribution in [2.45, 2.75) is 13.0 Å². The molecule has 0 saturated carbocycles. The molecule has 0 saturated heterocycles. The number of hydrogen-bond acceptors (Lipinski definition) is 3. The van der Waals surface area contributed by atoms with E-state index in [1.54, 1.807) is 31.4 Å². The van der Waals surface area contributed by atoms with Gasteiger partial charge < -0.3 is 10.5 Å². The van der Waals surface area contributed by atoms with Gasteiger partial charge in [-0.2, -0.15) is 0 Å². The highest BCUT2D eigenvalue weighted by atomic mass is 16.5. The summed E-state index contributed by atoms with van der Waals surface area (Å²) in [6, 6.07) is 14.5. The highest BCUT2D eigenvalue weighted by Crippen LogP contribution is 2.17. The summed E-state index contributed by atoms with van der Waals surface area (Å²) in [4.78, 5) is 12.3. The molecule has 19 heavy (non-hydrogen) atoms. The molecular formula is C16H17NO2. The van der Waals surface area contributed by atoms with Gasteiger partial charge in [-0.25, -0.2) is 0 Å². The number of rotatable bonds is 4. The molecule has 0 radical (unpaired) electrons. The number of benzene rings is 2. The fourth-order valence-electron chi connectivity index (χ4n) is 1.85. The minimum Gasteiger partial charge on any atom is -0.497 e. The summed E-state index contributed by atoms with van der Waals surface area (Å²) >= 11 is 0. The molecule has 1 unspecified atom stereocenters. The van der Waals surface area contributed by atoms with Crippen molar-refractivity contribution in [2.75, 3.05) is 7.11 Å². The van der Waals surface area contributed by atoms with E-state index >= 15 is 0 Å². The van der Waals surface area contributed by atoms with E-state index in [-0.39, 0.29) is 11.8 Å². The number of ketones is 1. The molecule has 0 aromatic heterocycles. The Hall–Kier alpha value is -2.13. The van der Waals surface area contributed by atoms with Crippen LogP contribution in [-0.2, 0) is 0 Å². The van der Waals surface area contributed by atoms with Crippen molar-refractivity contribution in [1.29, 1.82) is 0 Å². The molecule has 2 aromatic carbocycles. The lowest BCUT2D eigenvalue weighted by Crippen LogP contribution is -2.06. The molecule has 0 fully saturated rings. The molecule has 0 bridgehead atoms. The Kier molecular flexibility index (Phi) is 3.97. The summed E-state index contributed by atoms with van der Waals surface area (Å²) in [6.45, 7) is 1.92. The smallest absolute Gasteiger partial charge is 0.193 e. The van der Waals surface area contributed by atoms with Crippen LogP contribution in [-0.4, -0.2) is 12.9 Å². The van der Waals surface area contributed by atoms with Gasteiger partial charge in [-0.3, -0.25) is 4.79 Å². The van der Waals surface area contributed by atoms with Crippen LogP contribution < -0.4 is 10.5 Å². The van der Waals surface area contributed by atoms with Gasteiger partial charge in [-0.1, -0.05) is 24.3 Å². The molecule has 2 aromatic rings. The number of carbonyl (C=O) groups is 1. The first-order valence-electron chi connectivity index (χ1n) is 6.16. The standard InChI is InChI=1S/C16H17NO2/c1-11(17)12-3-5-13(6-4-12)16(18)14-7-9-15(19-2)10-8-14/h3-11H,17H2,1-2H3. The molecule has 2 N–H and O–H groups in total. The molecule has 0 aliphatic heterocycles. The molecule has 0 aliphatic rings. The average molecular weight is 255 g/mol. The van der Waals surface area contributed by atoms with E-state index < -0.39 is 0 Å². The van der Waals surface area contributed by atoms with E-state index in [1.165, 1.54) is 0 Å². The number of methoxy groups -OCH3 is 1.